The molecule has 20 heavy (non-hydrogen) atoms. The Bertz CT molecular complexity index is 617. The van der Waals surface area contributed by atoms with Gasteiger partial charge in [-0.3, -0.25) is 0 Å². The van der Waals surface area contributed by atoms with Crippen LogP contribution in [-0.4, -0.2) is 7.05 Å². The van der Waals surface area contributed by atoms with Gasteiger partial charge in [0.2, 0.25) is 0 Å². The number of hydrogen-bond donors (Lipinski definition) is 1. The third-order valence-corrected chi connectivity index (χ3v) is 3.95. The molecule has 0 aromatic heterocycles. The summed E-state index contributed by atoms with van der Waals surface area (Å²) in [4.78, 5) is 1.11. The second-order valence-electron chi connectivity index (χ2n) is 4.38. The highest BCUT2D eigenvalue weighted by Crippen LogP contribution is 2.25. The first kappa shape index (κ1) is 14.6. The van der Waals surface area contributed by atoms with E-state index >= 15 is 0 Å². The van der Waals surface area contributed by atoms with Crippen LogP contribution in [0.2, 0.25) is 0 Å². The van der Waals surface area contributed by atoms with Crippen molar-refractivity contribution in [2.45, 2.75) is 17.2 Å². The Balaban J connectivity index is 2.05. The first-order valence-electron chi connectivity index (χ1n) is 6.28. The van der Waals surface area contributed by atoms with E-state index in [0.717, 1.165) is 17.0 Å². The van der Waals surface area contributed by atoms with Crippen molar-refractivity contribution in [1.29, 1.82) is 5.26 Å². The Kier molecular flexibility index (Phi) is 5.16. The van der Waals surface area contributed by atoms with E-state index in [4.69, 9.17) is 5.26 Å². The van der Waals surface area contributed by atoms with Crippen molar-refractivity contribution in [3.63, 3.8) is 0 Å². The molecule has 0 unspecified atom stereocenters. The maximum Gasteiger partial charge on any atom is 0.123 e. The van der Waals surface area contributed by atoms with Gasteiger partial charge in [0.15, 0.2) is 0 Å². The van der Waals surface area contributed by atoms with E-state index in [1.807, 2.05) is 19.2 Å². The lowest BCUT2D eigenvalue weighted by Gasteiger charge is -2.06. The average molecular weight is 286 g/mol. The second kappa shape index (κ2) is 7.09. The van der Waals surface area contributed by atoms with Gasteiger partial charge in [-0.15, -0.1) is 11.8 Å². The van der Waals surface area contributed by atoms with Gasteiger partial charge >= 0.3 is 0 Å². The lowest BCUT2D eigenvalue weighted by atomic mass is 10.1. The summed E-state index contributed by atoms with van der Waals surface area (Å²) < 4.78 is 13.2. The zero-order valence-electron chi connectivity index (χ0n) is 11.2. The summed E-state index contributed by atoms with van der Waals surface area (Å²) in [5, 5.41) is 12.1. The van der Waals surface area contributed by atoms with Gasteiger partial charge in [-0.25, -0.2) is 4.39 Å². The highest BCUT2D eigenvalue weighted by atomic mass is 32.2. The van der Waals surface area contributed by atoms with Crippen LogP contribution in [0.25, 0.3) is 0 Å². The number of hydrogen-bond acceptors (Lipinski definition) is 3. The number of nitrogens with one attached hydrogen (secondary N) is 1. The second-order valence-corrected chi connectivity index (χ2v) is 5.42. The largest absolute Gasteiger partial charge is 0.316 e. The third kappa shape index (κ3) is 3.83. The monoisotopic (exact) mass is 286 g/mol. The first-order valence-corrected chi connectivity index (χ1v) is 7.26. The molecule has 0 aliphatic carbocycles. The fourth-order valence-corrected chi connectivity index (χ4v) is 2.75. The molecule has 2 rings (SSSR count). The zero-order valence-corrected chi connectivity index (χ0v) is 12.0. The van der Waals surface area contributed by atoms with Gasteiger partial charge in [0.25, 0.3) is 0 Å². The van der Waals surface area contributed by atoms with Crippen LogP contribution in [0.4, 0.5) is 4.39 Å². The molecule has 102 valence electrons. The Morgan fingerprint density at radius 2 is 1.95 bits per heavy atom. The van der Waals surface area contributed by atoms with E-state index < -0.39 is 0 Å². The summed E-state index contributed by atoms with van der Waals surface area (Å²) in [5.74, 6) is 0.287. The molecular weight excluding hydrogens is 271 g/mol. The Morgan fingerprint density at radius 1 is 1.20 bits per heavy atom. The van der Waals surface area contributed by atoms with Crippen LogP contribution >= 0.6 is 11.8 Å². The van der Waals surface area contributed by atoms with Crippen molar-refractivity contribution in [2.24, 2.45) is 0 Å². The number of benzene rings is 2. The Labute approximate surface area is 122 Å². The minimum absolute atomic E-state index is 0.302. The van der Waals surface area contributed by atoms with Crippen LogP contribution in [-0.2, 0) is 12.3 Å². The Hall–Kier alpha value is -1.83. The van der Waals surface area contributed by atoms with Gasteiger partial charge in [0.1, 0.15) is 5.82 Å². The van der Waals surface area contributed by atoms with Gasteiger partial charge in [0, 0.05) is 17.2 Å². The van der Waals surface area contributed by atoms with Gasteiger partial charge < -0.3 is 5.32 Å². The normalized spacial score (nSPS) is 10.2. The SMILES string of the molecule is CNCc1ccc(SCc2cc(F)ccc2C#N)cc1. The number of nitrogens with zero attached hydrogens (tertiary/aromatic N) is 1. The molecule has 2 aromatic rings. The van der Waals surface area contributed by atoms with Crippen LogP contribution in [0.15, 0.2) is 47.4 Å². The zero-order chi connectivity index (χ0) is 14.4. The third-order valence-electron chi connectivity index (χ3n) is 2.89. The molecule has 0 saturated carbocycles. The molecule has 0 atom stereocenters. The molecule has 0 saturated heterocycles. The quantitative estimate of drug-likeness (QED) is 0.851. The smallest absolute Gasteiger partial charge is 0.123 e. The molecule has 0 heterocycles. The maximum absolute atomic E-state index is 13.2. The molecule has 0 spiro atoms. The van der Waals surface area contributed by atoms with E-state index in [1.165, 1.54) is 23.8 Å². The molecule has 0 bridgehead atoms. The summed E-state index contributed by atoms with van der Waals surface area (Å²) in [5.41, 5.74) is 2.49. The lowest BCUT2D eigenvalue weighted by Crippen LogP contribution is -2.04. The van der Waals surface area contributed by atoms with Crippen molar-refractivity contribution in [3.05, 3.63) is 65.0 Å². The predicted molar refractivity (Wildman–Crippen MR) is 79.9 cm³/mol. The summed E-state index contributed by atoms with van der Waals surface area (Å²) in [7, 11) is 1.91. The Morgan fingerprint density at radius 3 is 2.60 bits per heavy atom. The van der Waals surface area contributed by atoms with Crippen LogP contribution in [0.1, 0.15) is 16.7 Å². The van der Waals surface area contributed by atoms with E-state index in [0.29, 0.717) is 11.3 Å². The minimum atomic E-state index is -0.302. The molecule has 0 amide bonds. The van der Waals surface area contributed by atoms with Crippen LogP contribution in [0.3, 0.4) is 0 Å². The number of rotatable bonds is 5. The molecule has 0 fully saturated rings. The van der Waals surface area contributed by atoms with Crippen molar-refractivity contribution in [2.75, 3.05) is 7.05 Å². The van der Waals surface area contributed by atoms with Crippen molar-refractivity contribution in [1.82, 2.24) is 5.32 Å². The summed E-state index contributed by atoms with van der Waals surface area (Å²) >= 11 is 1.60. The van der Waals surface area contributed by atoms with Crippen LogP contribution in [0, 0.1) is 17.1 Å². The molecule has 1 N–H and O–H groups in total. The van der Waals surface area contributed by atoms with Crippen LogP contribution < -0.4 is 5.32 Å². The van der Waals surface area contributed by atoms with Gasteiger partial charge in [0.05, 0.1) is 11.6 Å². The average Bonchev–Trinajstić information content (AvgIpc) is 2.47. The molecule has 0 aliphatic heterocycles. The fraction of sp³-hybridized carbons (Fsp3) is 0.188. The number of halogens is 1. The van der Waals surface area contributed by atoms with Crippen molar-refractivity contribution in [3.8, 4) is 6.07 Å². The molecule has 0 radical (unpaired) electrons. The molecule has 2 nitrogen and oxygen atoms in total. The fourth-order valence-electron chi connectivity index (χ4n) is 1.86. The number of thioether (sulfide) groups is 1. The summed E-state index contributed by atoms with van der Waals surface area (Å²) in [6, 6.07) is 14.6. The van der Waals surface area contributed by atoms with E-state index in [9.17, 15) is 4.39 Å². The van der Waals surface area contributed by atoms with Gasteiger partial charge in [-0.2, -0.15) is 5.26 Å². The van der Waals surface area contributed by atoms with Gasteiger partial charge in [-0.1, -0.05) is 12.1 Å². The van der Waals surface area contributed by atoms with E-state index in [1.54, 1.807) is 11.8 Å². The standard InChI is InChI=1S/C16H15FN2S/c1-19-10-12-2-6-16(7-3-12)20-11-14-8-15(17)5-4-13(14)9-18/h2-8,19H,10-11H2,1H3. The summed E-state index contributed by atoms with van der Waals surface area (Å²) in [6.45, 7) is 0.841. The highest BCUT2D eigenvalue weighted by Gasteiger charge is 2.05. The molecule has 4 heteroatoms. The van der Waals surface area contributed by atoms with Crippen molar-refractivity contribution < 1.29 is 4.39 Å². The molecular formula is C16H15FN2S. The highest BCUT2D eigenvalue weighted by molar-refractivity contribution is 7.98. The maximum atomic E-state index is 13.2. The predicted octanol–water partition coefficient (Wildman–Crippen LogP) is 3.71. The lowest BCUT2D eigenvalue weighted by molar-refractivity contribution is 0.626. The number of nitriles is 1. The van der Waals surface area contributed by atoms with E-state index in [-0.39, 0.29) is 5.82 Å². The summed E-state index contributed by atoms with van der Waals surface area (Å²) in [6.07, 6.45) is 0. The topological polar surface area (TPSA) is 35.8 Å². The molecule has 2 aromatic carbocycles. The first-order chi connectivity index (χ1) is 9.72. The molecule has 0 aliphatic rings. The van der Waals surface area contributed by atoms with E-state index in [2.05, 4.69) is 23.5 Å². The van der Waals surface area contributed by atoms with Gasteiger partial charge in [-0.05, 0) is 48.5 Å². The minimum Gasteiger partial charge on any atom is -0.316 e. The van der Waals surface area contributed by atoms with Crippen molar-refractivity contribution >= 4 is 11.8 Å². The van der Waals surface area contributed by atoms with Crippen LogP contribution in [0.5, 0.6) is 0 Å².